The van der Waals surface area contributed by atoms with E-state index in [-0.39, 0.29) is 0 Å². The topological polar surface area (TPSA) is 32.5 Å². The number of nitrogens with zero attached hydrogens (tertiary/aromatic N) is 2. The molecule has 13 heavy (non-hydrogen) atoms. The number of likely N-dealkylation sites (N-methyl/N-ethyl adjacent to an activating group) is 1. The molecule has 1 saturated heterocycles. The van der Waals surface area contributed by atoms with Crippen LogP contribution in [0.1, 0.15) is 19.3 Å². The molecule has 1 unspecified atom stereocenters. The lowest BCUT2D eigenvalue weighted by atomic mass is 10.3. The van der Waals surface area contributed by atoms with Crippen LogP contribution >= 0.6 is 0 Å². The van der Waals surface area contributed by atoms with Gasteiger partial charge in [-0.1, -0.05) is 0 Å². The van der Waals surface area contributed by atoms with E-state index in [2.05, 4.69) is 16.8 Å². The Kier molecular flexibility index (Phi) is 2.86. The minimum Gasteiger partial charge on any atom is -0.326 e. The Morgan fingerprint density at radius 3 is 2.69 bits per heavy atom. The van der Waals surface area contributed by atoms with Gasteiger partial charge in [-0.3, -0.25) is 0 Å². The monoisotopic (exact) mass is 183 g/mol. The molecule has 2 fully saturated rings. The van der Waals surface area contributed by atoms with Crippen molar-refractivity contribution < 1.29 is 0 Å². The highest BCUT2D eigenvalue weighted by molar-refractivity contribution is 4.84. The van der Waals surface area contributed by atoms with Crippen molar-refractivity contribution in [2.75, 3.05) is 33.2 Å². The maximum atomic E-state index is 5.85. The number of hydrogen-bond donors (Lipinski definition) is 1. The standard InChI is InChI=1S/C10H21N3/c1-12(10-2-3-10)6-7-13-5-4-9(11)8-13/h9-10H,2-8,11H2,1H3. The molecule has 0 aromatic carbocycles. The fourth-order valence-electron chi connectivity index (χ4n) is 2.06. The molecule has 2 N–H and O–H groups in total. The summed E-state index contributed by atoms with van der Waals surface area (Å²) >= 11 is 0. The quantitative estimate of drug-likeness (QED) is 0.671. The zero-order valence-electron chi connectivity index (χ0n) is 8.58. The van der Waals surface area contributed by atoms with E-state index < -0.39 is 0 Å². The molecule has 2 rings (SSSR count). The maximum absolute atomic E-state index is 5.85. The van der Waals surface area contributed by atoms with Crippen molar-refractivity contribution in [2.45, 2.75) is 31.3 Å². The smallest absolute Gasteiger partial charge is 0.0180 e. The van der Waals surface area contributed by atoms with Gasteiger partial charge in [0.25, 0.3) is 0 Å². The molecule has 0 spiro atoms. The van der Waals surface area contributed by atoms with E-state index in [1.807, 2.05) is 0 Å². The summed E-state index contributed by atoms with van der Waals surface area (Å²) < 4.78 is 0. The van der Waals surface area contributed by atoms with Crippen molar-refractivity contribution in [3.05, 3.63) is 0 Å². The van der Waals surface area contributed by atoms with Crippen molar-refractivity contribution in [3.63, 3.8) is 0 Å². The molecule has 1 heterocycles. The zero-order valence-corrected chi connectivity index (χ0v) is 8.58. The summed E-state index contributed by atoms with van der Waals surface area (Å²) in [4.78, 5) is 4.98. The average molecular weight is 183 g/mol. The lowest BCUT2D eigenvalue weighted by Gasteiger charge is -2.20. The number of likely N-dealkylation sites (tertiary alicyclic amines) is 1. The molecule has 1 saturated carbocycles. The zero-order chi connectivity index (χ0) is 9.26. The Morgan fingerprint density at radius 2 is 2.15 bits per heavy atom. The fourth-order valence-corrected chi connectivity index (χ4v) is 2.06. The van der Waals surface area contributed by atoms with Gasteiger partial charge in [0.2, 0.25) is 0 Å². The SMILES string of the molecule is CN(CCN1CCC(N)C1)C1CC1. The lowest BCUT2D eigenvalue weighted by Crippen LogP contribution is -2.34. The highest BCUT2D eigenvalue weighted by Crippen LogP contribution is 2.24. The van der Waals surface area contributed by atoms with Gasteiger partial charge in [-0.15, -0.1) is 0 Å². The van der Waals surface area contributed by atoms with Crippen molar-refractivity contribution >= 4 is 0 Å². The summed E-state index contributed by atoms with van der Waals surface area (Å²) in [7, 11) is 2.24. The summed E-state index contributed by atoms with van der Waals surface area (Å²) in [6.07, 6.45) is 4.01. The van der Waals surface area contributed by atoms with Gasteiger partial charge in [-0.2, -0.15) is 0 Å². The van der Waals surface area contributed by atoms with E-state index >= 15 is 0 Å². The average Bonchev–Trinajstić information content (AvgIpc) is 2.87. The predicted octanol–water partition coefficient (Wildman–Crippen LogP) is 0.114. The molecule has 0 aromatic rings. The Balaban J connectivity index is 1.61. The molecule has 0 bridgehead atoms. The molecule has 3 heteroatoms. The van der Waals surface area contributed by atoms with Crippen LogP contribution in [0.2, 0.25) is 0 Å². The van der Waals surface area contributed by atoms with Crippen LogP contribution in [0.3, 0.4) is 0 Å². The van der Waals surface area contributed by atoms with Gasteiger partial charge < -0.3 is 15.5 Å². The lowest BCUT2D eigenvalue weighted by molar-refractivity contribution is 0.249. The molecule has 3 nitrogen and oxygen atoms in total. The summed E-state index contributed by atoms with van der Waals surface area (Å²) in [6.45, 7) is 4.75. The molecule has 0 radical (unpaired) electrons. The largest absolute Gasteiger partial charge is 0.326 e. The summed E-state index contributed by atoms with van der Waals surface area (Å²) in [5.74, 6) is 0. The van der Waals surface area contributed by atoms with E-state index in [0.29, 0.717) is 6.04 Å². The third-order valence-corrected chi connectivity index (χ3v) is 3.25. The molecule has 0 amide bonds. The van der Waals surface area contributed by atoms with Gasteiger partial charge in [-0.05, 0) is 32.9 Å². The molecule has 2 aliphatic rings. The second kappa shape index (κ2) is 3.95. The van der Waals surface area contributed by atoms with Crippen molar-refractivity contribution in [2.24, 2.45) is 5.73 Å². The van der Waals surface area contributed by atoms with E-state index in [0.717, 1.165) is 12.6 Å². The van der Waals surface area contributed by atoms with Crippen molar-refractivity contribution in [1.29, 1.82) is 0 Å². The highest BCUT2D eigenvalue weighted by Gasteiger charge is 2.26. The third kappa shape index (κ3) is 2.66. The first-order chi connectivity index (χ1) is 6.25. The Morgan fingerprint density at radius 1 is 1.38 bits per heavy atom. The van der Waals surface area contributed by atoms with Crippen LogP contribution in [0.5, 0.6) is 0 Å². The van der Waals surface area contributed by atoms with Crippen molar-refractivity contribution in [1.82, 2.24) is 9.80 Å². The molecular formula is C10H21N3. The van der Waals surface area contributed by atoms with Crippen LogP contribution in [-0.2, 0) is 0 Å². The number of nitrogens with two attached hydrogens (primary N) is 1. The Labute approximate surface area is 80.9 Å². The first-order valence-electron chi connectivity index (χ1n) is 5.44. The van der Waals surface area contributed by atoms with E-state index in [1.54, 1.807) is 0 Å². The Bertz CT molecular complexity index is 168. The second-order valence-electron chi connectivity index (χ2n) is 4.56. The van der Waals surface area contributed by atoms with Gasteiger partial charge in [-0.25, -0.2) is 0 Å². The second-order valence-corrected chi connectivity index (χ2v) is 4.56. The van der Waals surface area contributed by atoms with Crippen LogP contribution in [0, 0.1) is 0 Å². The first kappa shape index (κ1) is 9.44. The van der Waals surface area contributed by atoms with Crippen LogP contribution in [0.15, 0.2) is 0 Å². The minimum absolute atomic E-state index is 0.436. The normalized spacial score (nSPS) is 30.2. The molecule has 1 aliphatic carbocycles. The van der Waals surface area contributed by atoms with Crippen molar-refractivity contribution in [3.8, 4) is 0 Å². The van der Waals surface area contributed by atoms with Crippen LogP contribution < -0.4 is 5.73 Å². The molecule has 0 aromatic heterocycles. The number of rotatable bonds is 4. The maximum Gasteiger partial charge on any atom is 0.0180 e. The molecule has 76 valence electrons. The molecular weight excluding hydrogens is 162 g/mol. The Hall–Kier alpha value is -0.120. The van der Waals surface area contributed by atoms with Gasteiger partial charge in [0.15, 0.2) is 0 Å². The van der Waals surface area contributed by atoms with Gasteiger partial charge in [0, 0.05) is 31.7 Å². The van der Waals surface area contributed by atoms with Gasteiger partial charge in [0.1, 0.15) is 0 Å². The van der Waals surface area contributed by atoms with E-state index in [1.165, 1.54) is 38.9 Å². The first-order valence-corrected chi connectivity index (χ1v) is 5.44. The van der Waals surface area contributed by atoms with Gasteiger partial charge >= 0.3 is 0 Å². The summed E-state index contributed by atoms with van der Waals surface area (Å²) in [5, 5.41) is 0. The predicted molar refractivity (Wildman–Crippen MR) is 54.7 cm³/mol. The van der Waals surface area contributed by atoms with E-state index in [9.17, 15) is 0 Å². The highest BCUT2D eigenvalue weighted by atomic mass is 15.2. The minimum atomic E-state index is 0.436. The number of hydrogen-bond acceptors (Lipinski definition) is 3. The fraction of sp³-hybridized carbons (Fsp3) is 1.00. The third-order valence-electron chi connectivity index (χ3n) is 3.25. The molecule has 1 aliphatic heterocycles. The summed E-state index contributed by atoms with van der Waals surface area (Å²) in [6, 6.07) is 1.34. The van der Waals surface area contributed by atoms with Crippen LogP contribution in [0.25, 0.3) is 0 Å². The van der Waals surface area contributed by atoms with E-state index in [4.69, 9.17) is 5.73 Å². The molecule has 1 atom stereocenters. The van der Waals surface area contributed by atoms with Crippen LogP contribution in [0.4, 0.5) is 0 Å². The van der Waals surface area contributed by atoms with Gasteiger partial charge in [0.05, 0.1) is 0 Å². The summed E-state index contributed by atoms with van der Waals surface area (Å²) in [5.41, 5.74) is 5.85. The van der Waals surface area contributed by atoms with Crippen LogP contribution in [-0.4, -0.2) is 55.1 Å².